The number of nitrogens with zero attached hydrogens (tertiary/aromatic N) is 2. The monoisotopic (exact) mass is 296 g/mol. The van der Waals surface area contributed by atoms with Gasteiger partial charge in [-0.3, -0.25) is 4.79 Å². The van der Waals surface area contributed by atoms with Gasteiger partial charge >= 0.3 is 0 Å². The van der Waals surface area contributed by atoms with Gasteiger partial charge in [0.2, 0.25) is 0 Å². The summed E-state index contributed by atoms with van der Waals surface area (Å²) in [6, 6.07) is 13.3. The molecule has 0 fully saturated rings. The van der Waals surface area contributed by atoms with E-state index in [1.165, 1.54) is 0 Å². The SMILES string of the molecule is CNC(=O)c1ccc(NCCc2cc3ccccc3o2)nn1. The molecule has 3 aromatic rings. The van der Waals surface area contributed by atoms with Gasteiger partial charge in [-0.15, -0.1) is 10.2 Å². The van der Waals surface area contributed by atoms with Crippen LogP contribution >= 0.6 is 0 Å². The average Bonchev–Trinajstić information content (AvgIpc) is 2.97. The van der Waals surface area contributed by atoms with Crippen molar-refractivity contribution < 1.29 is 9.21 Å². The number of fused-ring (bicyclic) bond motifs is 1. The Balaban J connectivity index is 1.57. The summed E-state index contributed by atoms with van der Waals surface area (Å²) in [5.74, 6) is 1.30. The first-order valence-electron chi connectivity index (χ1n) is 7.03. The molecule has 0 saturated heterocycles. The molecule has 2 heterocycles. The molecule has 0 saturated carbocycles. The molecule has 6 nitrogen and oxygen atoms in total. The maximum Gasteiger partial charge on any atom is 0.271 e. The highest BCUT2D eigenvalue weighted by Crippen LogP contribution is 2.19. The summed E-state index contributed by atoms with van der Waals surface area (Å²) in [5, 5.41) is 14.6. The van der Waals surface area contributed by atoms with Crippen LogP contribution in [0.5, 0.6) is 0 Å². The lowest BCUT2D eigenvalue weighted by molar-refractivity contribution is 0.0957. The molecule has 0 aliphatic heterocycles. The molecule has 0 aliphatic carbocycles. The molecule has 1 amide bonds. The van der Waals surface area contributed by atoms with Crippen molar-refractivity contribution in [3.63, 3.8) is 0 Å². The summed E-state index contributed by atoms with van der Waals surface area (Å²) < 4.78 is 5.74. The maximum atomic E-state index is 11.4. The Labute approximate surface area is 127 Å². The Hall–Kier alpha value is -2.89. The van der Waals surface area contributed by atoms with Crippen LogP contribution < -0.4 is 10.6 Å². The number of amides is 1. The minimum Gasteiger partial charge on any atom is -0.461 e. The second-order valence-electron chi connectivity index (χ2n) is 4.81. The number of carbonyl (C=O) groups excluding carboxylic acids is 1. The van der Waals surface area contributed by atoms with Crippen LogP contribution in [0, 0.1) is 0 Å². The highest BCUT2D eigenvalue weighted by molar-refractivity contribution is 5.91. The van der Waals surface area contributed by atoms with E-state index in [2.05, 4.69) is 20.8 Å². The normalized spacial score (nSPS) is 10.6. The zero-order valence-corrected chi connectivity index (χ0v) is 12.2. The molecular weight excluding hydrogens is 280 g/mol. The van der Waals surface area contributed by atoms with E-state index >= 15 is 0 Å². The minimum atomic E-state index is -0.249. The van der Waals surface area contributed by atoms with Gasteiger partial charge in [0.15, 0.2) is 5.69 Å². The van der Waals surface area contributed by atoms with E-state index in [-0.39, 0.29) is 5.91 Å². The quantitative estimate of drug-likeness (QED) is 0.754. The van der Waals surface area contributed by atoms with Gasteiger partial charge < -0.3 is 15.1 Å². The van der Waals surface area contributed by atoms with E-state index in [0.29, 0.717) is 18.1 Å². The molecule has 112 valence electrons. The van der Waals surface area contributed by atoms with Gasteiger partial charge in [-0.1, -0.05) is 18.2 Å². The van der Waals surface area contributed by atoms with Crippen LogP contribution in [0.2, 0.25) is 0 Å². The van der Waals surface area contributed by atoms with Crippen molar-refractivity contribution in [3.8, 4) is 0 Å². The van der Waals surface area contributed by atoms with Crippen LogP contribution in [0.4, 0.5) is 5.82 Å². The lowest BCUT2D eigenvalue weighted by Crippen LogP contribution is -2.19. The van der Waals surface area contributed by atoms with Crippen molar-refractivity contribution in [2.45, 2.75) is 6.42 Å². The summed E-state index contributed by atoms with van der Waals surface area (Å²) in [4.78, 5) is 11.4. The molecule has 2 N–H and O–H groups in total. The van der Waals surface area contributed by atoms with Gasteiger partial charge in [-0.2, -0.15) is 0 Å². The number of aromatic nitrogens is 2. The number of hydrogen-bond donors (Lipinski definition) is 2. The number of hydrogen-bond acceptors (Lipinski definition) is 5. The van der Waals surface area contributed by atoms with E-state index in [4.69, 9.17) is 4.42 Å². The molecular formula is C16H16N4O2. The van der Waals surface area contributed by atoms with Crippen LogP contribution in [0.3, 0.4) is 0 Å². The first-order chi connectivity index (χ1) is 10.8. The van der Waals surface area contributed by atoms with Crippen LogP contribution in [0.25, 0.3) is 11.0 Å². The second-order valence-corrected chi connectivity index (χ2v) is 4.81. The van der Waals surface area contributed by atoms with Crippen LogP contribution in [-0.2, 0) is 6.42 Å². The predicted octanol–water partition coefficient (Wildman–Crippen LogP) is 2.24. The zero-order valence-electron chi connectivity index (χ0n) is 12.2. The lowest BCUT2D eigenvalue weighted by Gasteiger charge is -2.04. The fourth-order valence-corrected chi connectivity index (χ4v) is 2.15. The first kappa shape index (κ1) is 14.1. The lowest BCUT2D eigenvalue weighted by atomic mass is 10.2. The van der Waals surface area contributed by atoms with Crippen LogP contribution in [0.15, 0.2) is 46.9 Å². The van der Waals surface area contributed by atoms with Crippen molar-refractivity contribution in [1.29, 1.82) is 0 Å². The van der Waals surface area contributed by atoms with E-state index in [0.717, 1.165) is 23.2 Å². The highest BCUT2D eigenvalue weighted by atomic mass is 16.3. The second kappa shape index (κ2) is 6.26. The Morgan fingerprint density at radius 3 is 2.77 bits per heavy atom. The maximum absolute atomic E-state index is 11.4. The number of nitrogens with one attached hydrogen (secondary N) is 2. The molecule has 1 aromatic carbocycles. The third kappa shape index (κ3) is 3.06. The Morgan fingerprint density at radius 1 is 1.18 bits per heavy atom. The molecule has 3 rings (SSSR count). The molecule has 2 aromatic heterocycles. The Bertz CT molecular complexity index is 747. The van der Waals surface area contributed by atoms with Gasteiger partial charge in [0.1, 0.15) is 17.2 Å². The van der Waals surface area contributed by atoms with E-state index in [1.807, 2.05) is 30.3 Å². The van der Waals surface area contributed by atoms with Crippen LogP contribution in [-0.4, -0.2) is 29.7 Å². The molecule has 0 aliphatic rings. The largest absolute Gasteiger partial charge is 0.461 e. The van der Waals surface area contributed by atoms with Gasteiger partial charge in [0, 0.05) is 25.4 Å². The number of benzene rings is 1. The summed E-state index contributed by atoms with van der Waals surface area (Å²) in [6.07, 6.45) is 0.744. The van der Waals surface area contributed by atoms with Gasteiger partial charge in [0.25, 0.3) is 5.91 Å². The molecule has 0 radical (unpaired) electrons. The van der Waals surface area contributed by atoms with Crippen molar-refractivity contribution in [1.82, 2.24) is 15.5 Å². The predicted molar refractivity (Wildman–Crippen MR) is 83.8 cm³/mol. The third-order valence-electron chi connectivity index (χ3n) is 3.28. The van der Waals surface area contributed by atoms with Crippen LogP contribution in [0.1, 0.15) is 16.2 Å². The fourth-order valence-electron chi connectivity index (χ4n) is 2.15. The molecule has 0 bridgehead atoms. The number of anilines is 1. The number of furan rings is 1. The fraction of sp³-hybridized carbons (Fsp3) is 0.188. The van der Waals surface area contributed by atoms with E-state index in [9.17, 15) is 4.79 Å². The summed E-state index contributed by atoms with van der Waals surface area (Å²) in [6.45, 7) is 0.674. The van der Waals surface area contributed by atoms with E-state index in [1.54, 1.807) is 19.2 Å². The molecule has 0 atom stereocenters. The highest BCUT2D eigenvalue weighted by Gasteiger charge is 2.06. The van der Waals surface area contributed by atoms with Gasteiger partial charge in [-0.25, -0.2) is 0 Å². The molecule has 0 spiro atoms. The molecule has 22 heavy (non-hydrogen) atoms. The summed E-state index contributed by atoms with van der Waals surface area (Å²) in [7, 11) is 1.56. The van der Waals surface area contributed by atoms with Crippen molar-refractivity contribution in [2.75, 3.05) is 18.9 Å². The Morgan fingerprint density at radius 2 is 2.05 bits per heavy atom. The van der Waals surface area contributed by atoms with E-state index < -0.39 is 0 Å². The number of rotatable bonds is 5. The standard InChI is InChI=1S/C16H16N4O2/c1-17-16(21)13-6-7-15(20-19-13)18-9-8-12-10-11-4-2-3-5-14(11)22-12/h2-7,10H,8-9H2,1H3,(H,17,21)(H,18,20). The minimum absolute atomic E-state index is 0.249. The number of para-hydroxylation sites is 1. The molecule has 6 heteroatoms. The van der Waals surface area contributed by atoms with Crippen molar-refractivity contribution in [2.24, 2.45) is 0 Å². The summed E-state index contributed by atoms with van der Waals surface area (Å²) >= 11 is 0. The smallest absolute Gasteiger partial charge is 0.271 e. The van der Waals surface area contributed by atoms with Crippen molar-refractivity contribution >= 4 is 22.7 Å². The summed E-state index contributed by atoms with van der Waals surface area (Å²) in [5.41, 5.74) is 1.19. The average molecular weight is 296 g/mol. The Kier molecular flexibility index (Phi) is 4.00. The third-order valence-corrected chi connectivity index (χ3v) is 3.28. The number of carbonyl (C=O) groups is 1. The van der Waals surface area contributed by atoms with Gasteiger partial charge in [0.05, 0.1) is 0 Å². The first-order valence-corrected chi connectivity index (χ1v) is 7.03. The van der Waals surface area contributed by atoms with Crippen molar-refractivity contribution in [3.05, 3.63) is 53.9 Å². The van der Waals surface area contributed by atoms with Gasteiger partial charge in [-0.05, 0) is 24.3 Å². The topological polar surface area (TPSA) is 80.0 Å². The molecule has 0 unspecified atom stereocenters. The zero-order chi connectivity index (χ0) is 15.4.